The zero-order valence-corrected chi connectivity index (χ0v) is 13.9. The summed E-state index contributed by atoms with van der Waals surface area (Å²) >= 11 is 0. The number of aromatic nitrogens is 2. The molecule has 5 heteroatoms. The summed E-state index contributed by atoms with van der Waals surface area (Å²) in [5.74, 6) is 2.80. The molecule has 5 nitrogen and oxygen atoms in total. The molecule has 0 saturated carbocycles. The first kappa shape index (κ1) is 16.0. The van der Waals surface area contributed by atoms with Crippen molar-refractivity contribution in [1.82, 2.24) is 9.97 Å². The van der Waals surface area contributed by atoms with Crippen LogP contribution in [0.25, 0.3) is 0 Å². The molecule has 1 aliphatic rings. The van der Waals surface area contributed by atoms with Crippen molar-refractivity contribution in [3.63, 3.8) is 0 Å². The first-order chi connectivity index (χ1) is 9.94. The van der Waals surface area contributed by atoms with E-state index in [-0.39, 0.29) is 5.41 Å². The largest absolute Gasteiger partial charge is 0.375 e. The number of morpholine rings is 1. The summed E-state index contributed by atoms with van der Waals surface area (Å²) in [5.41, 5.74) is -0.0589. The molecule has 1 N–H and O–H groups in total. The van der Waals surface area contributed by atoms with E-state index in [1.54, 1.807) is 0 Å². The molecule has 1 aromatic heterocycles. The average Bonchev–Trinajstić information content (AvgIpc) is 2.46. The van der Waals surface area contributed by atoms with Crippen LogP contribution in [0.5, 0.6) is 0 Å². The Bertz CT molecular complexity index is 470. The van der Waals surface area contributed by atoms with Crippen LogP contribution in [0.15, 0.2) is 6.07 Å². The smallest absolute Gasteiger partial charge is 0.138 e. The topological polar surface area (TPSA) is 50.3 Å². The molecule has 0 spiro atoms. The predicted octanol–water partition coefficient (Wildman–Crippen LogP) is 2.82. The molecule has 2 heterocycles. The number of nitrogens with zero attached hydrogens (tertiary/aromatic N) is 3. The van der Waals surface area contributed by atoms with Gasteiger partial charge in [0, 0.05) is 31.1 Å². The summed E-state index contributed by atoms with van der Waals surface area (Å²) < 4.78 is 5.75. The van der Waals surface area contributed by atoms with Crippen LogP contribution in [0.4, 0.5) is 11.6 Å². The maximum absolute atomic E-state index is 5.75. The summed E-state index contributed by atoms with van der Waals surface area (Å²) in [6.07, 6.45) is 1.34. The molecule has 1 fully saturated rings. The number of ether oxygens (including phenoxy) is 1. The second-order valence-corrected chi connectivity index (χ2v) is 6.56. The predicted molar refractivity (Wildman–Crippen MR) is 87.1 cm³/mol. The van der Waals surface area contributed by atoms with Gasteiger partial charge in [-0.2, -0.15) is 0 Å². The van der Waals surface area contributed by atoms with Crippen LogP contribution < -0.4 is 10.2 Å². The molecule has 21 heavy (non-hydrogen) atoms. The van der Waals surface area contributed by atoms with E-state index in [1.165, 1.54) is 0 Å². The van der Waals surface area contributed by atoms with E-state index in [0.29, 0.717) is 6.10 Å². The van der Waals surface area contributed by atoms with Gasteiger partial charge in [-0.25, -0.2) is 9.97 Å². The maximum Gasteiger partial charge on any atom is 0.138 e. The molecule has 0 bridgehead atoms. The Hall–Kier alpha value is -1.36. The highest BCUT2D eigenvalue weighted by Crippen LogP contribution is 2.25. The van der Waals surface area contributed by atoms with E-state index >= 15 is 0 Å². The Kier molecular flexibility index (Phi) is 5.04. The van der Waals surface area contributed by atoms with Gasteiger partial charge in [-0.3, -0.25) is 0 Å². The van der Waals surface area contributed by atoms with Crippen LogP contribution in [0.1, 0.15) is 46.9 Å². The highest BCUT2D eigenvalue weighted by Gasteiger charge is 2.24. The van der Waals surface area contributed by atoms with Crippen molar-refractivity contribution in [2.75, 3.05) is 36.5 Å². The van der Waals surface area contributed by atoms with E-state index in [1.807, 2.05) is 0 Å². The van der Waals surface area contributed by atoms with Gasteiger partial charge < -0.3 is 15.0 Å². The van der Waals surface area contributed by atoms with Crippen LogP contribution in [0.3, 0.4) is 0 Å². The number of rotatable bonds is 4. The minimum absolute atomic E-state index is 0.0589. The summed E-state index contributed by atoms with van der Waals surface area (Å²) in [6.45, 7) is 14.1. The lowest BCUT2D eigenvalue weighted by molar-refractivity contribution is 0.0381. The molecule has 1 aliphatic heterocycles. The standard InChI is InChI=1S/C16H28N4O/c1-6-12-11-20(8-9-21-12)14-10-13(17-7-2)18-15(19-14)16(3,4)5/h10,12H,6-9,11H2,1-5H3,(H,17,18,19). The summed E-state index contributed by atoms with van der Waals surface area (Å²) in [6, 6.07) is 2.05. The van der Waals surface area contributed by atoms with Crippen molar-refractivity contribution in [2.24, 2.45) is 0 Å². The monoisotopic (exact) mass is 292 g/mol. The maximum atomic E-state index is 5.75. The average molecular weight is 292 g/mol. The number of hydrogen-bond donors (Lipinski definition) is 1. The third-order valence-electron chi connectivity index (χ3n) is 3.66. The molecule has 1 saturated heterocycles. The van der Waals surface area contributed by atoms with Gasteiger partial charge in [0.1, 0.15) is 17.5 Å². The molecule has 0 amide bonds. The van der Waals surface area contributed by atoms with E-state index in [4.69, 9.17) is 9.72 Å². The molecular formula is C16H28N4O. The second-order valence-electron chi connectivity index (χ2n) is 6.56. The number of nitrogens with one attached hydrogen (secondary N) is 1. The first-order valence-electron chi connectivity index (χ1n) is 7.94. The molecule has 0 aliphatic carbocycles. The lowest BCUT2D eigenvalue weighted by Gasteiger charge is -2.34. The lowest BCUT2D eigenvalue weighted by Crippen LogP contribution is -2.43. The summed E-state index contributed by atoms with van der Waals surface area (Å²) in [4.78, 5) is 11.8. The zero-order valence-electron chi connectivity index (χ0n) is 13.9. The van der Waals surface area contributed by atoms with Crippen molar-refractivity contribution < 1.29 is 4.74 Å². The molecule has 1 aromatic rings. The van der Waals surface area contributed by atoms with E-state index in [0.717, 1.165) is 50.1 Å². The van der Waals surface area contributed by atoms with Crippen molar-refractivity contribution in [1.29, 1.82) is 0 Å². The van der Waals surface area contributed by atoms with E-state index in [9.17, 15) is 0 Å². The highest BCUT2D eigenvalue weighted by atomic mass is 16.5. The molecular weight excluding hydrogens is 264 g/mol. The molecule has 2 rings (SSSR count). The van der Waals surface area contributed by atoms with E-state index < -0.39 is 0 Å². The van der Waals surface area contributed by atoms with Crippen LogP contribution in [-0.2, 0) is 10.2 Å². The van der Waals surface area contributed by atoms with Crippen molar-refractivity contribution in [3.05, 3.63) is 11.9 Å². The third-order valence-corrected chi connectivity index (χ3v) is 3.66. The number of hydrogen-bond acceptors (Lipinski definition) is 5. The molecule has 0 aromatic carbocycles. The van der Waals surface area contributed by atoms with Crippen LogP contribution in [0, 0.1) is 0 Å². The van der Waals surface area contributed by atoms with Crippen molar-refractivity contribution in [3.8, 4) is 0 Å². The normalized spacial score (nSPS) is 19.7. The van der Waals surface area contributed by atoms with Gasteiger partial charge in [0.05, 0.1) is 12.7 Å². The molecule has 1 unspecified atom stereocenters. The lowest BCUT2D eigenvalue weighted by atomic mass is 9.96. The molecule has 0 radical (unpaired) electrons. The quantitative estimate of drug-likeness (QED) is 0.925. The first-order valence-corrected chi connectivity index (χ1v) is 7.94. The fourth-order valence-electron chi connectivity index (χ4n) is 2.38. The third kappa shape index (κ3) is 4.06. The summed E-state index contributed by atoms with van der Waals surface area (Å²) in [7, 11) is 0. The Morgan fingerprint density at radius 2 is 2.10 bits per heavy atom. The van der Waals surface area contributed by atoms with E-state index in [2.05, 4.69) is 55.9 Å². The Morgan fingerprint density at radius 3 is 2.71 bits per heavy atom. The Balaban J connectivity index is 2.31. The number of anilines is 2. The molecule has 118 valence electrons. The van der Waals surface area contributed by atoms with Crippen LogP contribution in [0.2, 0.25) is 0 Å². The Morgan fingerprint density at radius 1 is 1.33 bits per heavy atom. The van der Waals surface area contributed by atoms with Gasteiger partial charge in [0.2, 0.25) is 0 Å². The minimum atomic E-state index is -0.0589. The highest BCUT2D eigenvalue weighted by molar-refractivity contribution is 5.50. The van der Waals surface area contributed by atoms with Crippen molar-refractivity contribution >= 4 is 11.6 Å². The van der Waals surface area contributed by atoms with Gasteiger partial charge in [-0.05, 0) is 13.3 Å². The fraction of sp³-hybridized carbons (Fsp3) is 0.750. The minimum Gasteiger partial charge on any atom is -0.375 e. The Labute approximate surface area is 128 Å². The van der Waals surface area contributed by atoms with Gasteiger partial charge in [-0.15, -0.1) is 0 Å². The SMILES string of the molecule is CCNc1cc(N2CCOC(CC)C2)nc(C(C)(C)C)n1. The van der Waals surface area contributed by atoms with Gasteiger partial charge in [0.15, 0.2) is 0 Å². The molecule has 1 atom stereocenters. The van der Waals surface area contributed by atoms with Gasteiger partial charge in [-0.1, -0.05) is 27.7 Å². The van der Waals surface area contributed by atoms with Gasteiger partial charge >= 0.3 is 0 Å². The fourth-order valence-corrected chi connectivity index (χ4v) is 2.38. The zero-order chi connectivity index (χ0) is 15.5. The van der Waals surface area contributed by atoms with Crippen molar-refractivity contribution in [2.45, 2.75) is 52.6 Å². The second kappa shape index (κ2) is 6.60. The summed E-state index contributed by atoms with van der Waals surface area (Å²) in [5, 5.41) is 3.32. The van der Waals surface area contributed by atoms with Crippen LogP contribution in [-0.4, -0.2) is 42.3 Å². The van der Waals surface area contributed by atoms with Crippen LogP contribution >= 0.6 is 0 Å². The van der Waals surface area contributed by atoms with Gasteiger partial charge in [0.25, 0.3) is 0 Å².